The van der Waals surface area contributed by atoms with Crippen LogP contribution in [0.2, 0.25) is 0 Å². The fourth-order valence-electron chi connectivity index (χ4n) is 1.25. The van der Waals surface area contributed by atoms with Gasteiger partial charge in [-0.15, -0.1) is 0 Å². The van der Waals surface area contributed by atoms with Crippen LogP contribution in [-0.4, -0.2) is 18.3 Å². The molecule has 0 saturated carbocycles. The Kier molecular flexibility index (Phi) is 4.91. The fourth-order valence-corrected chi connectivity index (χ4v) is 1.25. The van der Waals surface area contributed by atoms with Gasteiger partial charge in [0, 0.05) is 6.61 Å². The van der Waals surface area contributed by atoms with E-state index in [0.717, 1.165) is 23.3 Å². The van der Waals surface area contributed by atoms with Crippen LogP contribution in [0.1, 0.15) is 18.9 Å². The molecule has 2 nitrogen and oxygen atoms in total. The highest BCUT2D eigenvalue weighted by molar-refractivity contribution is 5.33. The van der Waals surface area contributed by atoms with Crippen molar-refractivity contribution in [1.29, 1.82) is 0 Å². The zero-order valence-electron chi connectivity index (χ0n) is 9.20. The van der Waals surface area contributed by atoms with E-state index in [0.29, 0.717) is 13.0 Å². The van der Waals surface area contributed by atoms with Gasteiger partial charge in [-0.25, -0.2) is 0 Å². The van der Waals surface area contributed by atoms with Crippen LogP contribution >= 0.6 is 0 Å². The van der Waals surface area contributed by atoms with Crippen molar-refractivity contribution in [3.8, 4) is 5.75 Å². The number of rotatable bonds is 6. The van der Waals surface area contributed by atoms with E-state index in [1.807, 2.05) is 24.3 Å². The van der Waals surface area contributed by atoms with Crippen molar-refractivity contribution >= 4 is 0 Å². The minimum absolute atomic E-state index is 0.148. The molecule has 15 heavy (non-hydrogen) atoms. The first-order chi connectivity index (χ1) is 7.27. The van der Waals surface area contributed by atoms with Crippen LogP contribution in [0.3, 0.4) is 0 Å². The molecule has 2 heteroatoms. The zero-order valence-corrected chi connectivity index (χ0v) is 9.20. The lowest BCUT2D eigenvalue weighted by Crippen LogP contribution is -2.02. The zero-order chi connectivity index (χ0) is 11.1. The lowest BCUT2D eigenvalue weighted by Gasteiger charge is -2.11. The molecular formula is C13H18O2. The molecule has 0 amide bonds. The van der Waals surface area contributed by atoms with Crippen molar-refractivity contribution in [3.63, 3.8) is 0 Å². The van der Waals surface area contributed by atoms with Gasteiger partial charge >= 0.3 is 0 Å². The predicted molar refractivity (Wildman–Crippen MR) is 62.2 cm³/mol. The molecule has 0 radical (unpaired) electrons. The van der Waals surface area contributed by atoms with Gasteiger partial charge in [0.15, 0.2) is 0 Å². The summed E-state index contributed by atoms with van der Waals surface area (Å²) in [6, 6.07) is 7.78. The van der Waals surface area contributed by atoms with E-state index in [2.05, 4.69) is 13.5 Å². The Morgan fingerprint density at radius 2 is 2.13 bits per heavy atom. The van der Waals surface area contributed by atoms with Crippen molar-refractivity contribution in [1.82, 2.24) is 0 Å². The molecule has 0 saturated heterocycles. The van der Waals surface area contributed by atoms with E-state index < -0.39 is 0 Å². The molecule has 0 bridgehead atoms. The average molecular weight is 206 g/mol. The third-order valence-corrected chi connectivity index (χ3v) is 2.29. The van der Waals surface area contributed by atoms with Crippen LogP contribution in [-0.2, 0) is 6.42 Å². The summed E-state index contributed by atoms with van der Waals surface area (Å²) in [5.41, 5.74) is 2.12. The van der Waals surface area contributed by atoms with E-state index in [1.54, 1.807) is 0 Å². The van der Waals surface area contributed by atoms with Gasteiger partial charge in [0.05, 0.1) is 0 Å². The van der Waals surface area contributed by atoms with Crippen LogP contribution in [0.5, 0.6) is 5.75 Å². The van der Waals surface area contributed by atoms with E-state index in [1.165, 1.54) is 0 Å². The molecule has 0 aliphatic carbocycles. The number of benzene rings is 1. The second-order valence-corrected chi connectivity index (χ2v) is 3.47. The first kappa shape index (κ1) is 11.8. The minimum Gasteiger partial charge on any atom is -0.489 e. The van der Waals surface area contributed by atoms with Gasteiger partial charge in [-0.2, -0.15) is 0 Å². The lowest BCUT2D eigenvalue weighted by molar-refractivity contribution is 0.293. The molecule has 1 rings (SSSR count). The standard InChI is InChI=1S/C13H18O2/c1-3-11(2)10-15-13-7-5-4-6-12(13)8-9-14/h4-7,14H,2-3,8-10H2,1H3. The fraction of sp³-hybridized carbons (Fsp3) is 0.385. The first-order valence-corrected chi connectivity index (χ1v) is 5.26. The molecule has 0 heterocycles. The Labute approximate surface area is 91.2 Å². The summed E-state index contributed by atoms with van der Waals surface area (Å²) in [6.45, 7) is 6.65. The molecule has 0 aliphatic heterocycles. The topological polar surface area (TPSA) is 29.5 Å². The number of ether oxygens (including phenoxy) is 1. The Bertz CT molecular complexity index is 318. The summed E-state index contributed by atoms with van der Waals surface area (Å²) in [4.78, 5) is 0. The van der Waals surface area contributed by atoms with Gasteiger partial charge < -0.3 is 9.84 Å². The molecule has 1 aromatic rings. The lowest BCUT2D eigenvalue weighted by atomic mass is 10.1. The minimum atomic E-state index is 0.148. The van der Waals surface area contributed by atoms with Crippen molar-refractivity contribution in [2.75, 3.05) is 13.2 Å². The average Bonchev–Trinajstić information content (AvgIpc) is 2.28. The van der Waals surface area contributed by atoms with Crippen molar-refractivity contribution in [2.24, 2.45) is 0 Å². The first-order valence-electron chi connectivity index (χ1n) is 5.26. The van der Waals surface area contributed by atoms with Crippen molar-refractivity contribution < 1.29 is 9.84 Å². The number of para-hydroxylation sites is 1. The smallest absolute Gasteiger partial charge is 0.123 e. The number of hydrogen-bond donors (Lipinski definition) is 1. The highest BCUT2D eigenvalue weighted by Gasteiger charge is 2.02. The third kappa shape index (κ3) is 3.76. The molecule has 0 unspecified atom stereocenters. The molecule has 0 fully saturated rings. The highest BCUT2D eigenvalue weighted by atomic mass is 16.5. The Morgan fingerprint density at radius 1 is 1.40 bits per heavy atom. The third-order valence-electron chi connectivity index (χ3n) is 2.29. The van der Waals surface area contributed by atoms with Gasteiger partial charge in [0.25, 0.3) is 0 Å². The van der Waals surface area contributed by atoms with Gasteiger partial charge in [-0.05, 0) is 30.0 Å². The van der Waals surface area contributed by atoms with Crippen molar-refractivity contribution in [3.05, 3.63) is 42.0 Å². The van der Waals surface area contributed by atoms with Crippen molar-refractivity contribution in [2.45, 2.75) is 19.8 Å². The van der Waals surface area contributed by atoms with E-state index in [4.69, 9.17) is 9.84 Å². The summed E-state index contributed by atoms with van der Waals surface area (Å²) in [5, 5.41) is 8.89. The predicted octanol–water partition coefficient (Wildman–Crippen LogP) is 2.57. The molecule has 0 atom stereocenters. The summed E-state index contributed by atoms with van der Waals surface area (Å²) in [7, 11) is 0. The SMILES string of the molecule is C=C(CC)COc1ccccc1CCO. The second kappa shape index (κ2) is 6.25. The summed E-state index contributed by atoms with van der Waals surface area (Å²) in [6.07, 6.45) is 1.57. The molecule has 1 aromatic carbocycles. The molecule has 0 aromatic heterocycles. The quantitative estimate of drug-likeness (QED) is 0.725. The maximum Gasteiger partial charge on any atom is 0.123 e. The number of hydrogen-bond acceptors (Lipinski definition) is 2. The Morgan fingerprint density at radius 3 is 2.80 bits per heavy atom. The largest absolute Gasteiger partial charge is 0.489 e. The Hall–Kier alpha value is -1.28. The van der Waals surface area contributed by atoms with Crippen LogP contribution in [0, 0.1) is 0 Å². The molecule has 0 aliphatic rings. The van der Waals surface area contributed by atoms with E-state index in [9.17, 15) is 0 Å². The highest BCUT2D eigenvalue weighted by Crippen LogP contribution is 2.19. The van der Waals surface area contributed by atoms with Gasteiger partial charge in [0.2, 0.25) is 0 Å². The summed E-state index contributed by atoms with van der Waals surface area (Å²) in [5.74, 6) is 0.848. The molecule has 1 N–H and O–H groups in total. The van der Waals surface area contributed by atoms with Crippen LogP contribution < -0.4 is 4.74 Å². The van der Waals surface area contributed by atoms with Gasteiger partial charge in [-0.3, -0.25) is 0 Å². The maximum absolute atomic E-state index is 8.89. The monoisotopic (exact) mass is 206 g/mol. The van der Waals surface area contributed by atoms with Crippen LogP contribution in [0.25, 0.3) is 0 Å². The summed E-state index contributed by atoms with van der Waals surface area (Å²) >= 11 is 0. The molecule has 82 valence electrons. The maximum atomic E-state index is 8.89. The summed E-state index contributed by atoms with van der Waals surface area (Å²) < 4.78 is 5.63. The number of aliphatic hydroxyl groups is 1. The molecule has 0 spiro atoms. The van der Waals surface area contributed by atoms with Gasteiger partial charge in [0.1, 0.15) is 12.4 Å². The van der Waals surface area contributed by atoms with E-state index >= 15 is 0 Å². The van der Waals surface area contributed by atoms with Crippen LogP contribution in [0.4, 0.5) is 0 Å². The van der Waals surface area contributed by atoms with Crippen LogP contribution in [0.15, 0.2) is 36.4 Å². The molecular weight excluding hydrogens is 188 g/mol. The van der Waals surface area contributed by atoms with E-state index in [-0.39, 0.29) is 6.61 Å². The Balaban J connectivity index is 2.62. The second-order valence-electron chi connectivity index (χ2n) is 3.47. The van der Waals surface area contributed by atoms with Gasteiger partial charge in [-0.1, -0.05) is 31.7 Å². The number of aliphatic hydroxyl groups excluding tert-OH is 1. The normalized spacial score (nSPS) is 10.0.